The number of rotatable bonds is 8. The number of anilines is 3. The normalized spacial score (nSPS) is 24.7. The number of piperidine rings is 1. The highest BCUT2D eigenvalue weighted by Crippen LogP contribution is 2.44. The fourth-order valence-electron chi connectivity index (χ4n) is 8.68. The molecule has 0 bridgehead atoms. The summed E-state index contributed by atoms with van der Waals surface area (Å²) in [6.07, 6.45) is 1.68. The molecule has 4 N–H and O–H groups in total. The van der Waals surface area contributed by atoms with Crippen LogP contribution in [0.3, 0.4) is 0 Å². The van der Waals surface area contributed by atoms with Crippen LogP contribution in [0.5, 0.6) is 11.6 Å². The minimum Gasteiger partial charge on any atom is -0.504 e. The number of alkyl halides is 1. The second-order valence-electron chi connectivity index (χ2n) is 15.3. The van der Waals surface area contributed by atoms with Gasteiger partial charge >= 0.3 is 0 Å². The number of benzene rings is 2. The van der Waals surface area contributed by atoms with E-state index in [1.54, 1.807) is 23.2 Å². The zero-order valence-electron chi connectivity index (χ0n) is 30.8. The molecule has 0 radical (unpaired) electrons. The van der Waals surface area contributed by atoms with Gasteiger partial charge in [-0.1, -0.05) is 12.1 Å². The number of aromatic nitrogens is 4. The Kier molecular flexibility index (Phi) is 9.07. The number of aromatic hydroxyl groups is 1. The molecule has 4 aromatic rings. The number of ether oxygens (including phenoxy) is 1. The first-order valence-corrected chi connectivity index (χ1v) is 18.9. The highest BCUT2D eigenvalue weighted by atomic mass is 19.1. The smallest absolute Gasteiger partial charge is 0.255 e. The number of carbonyl (C=O) groups excluding carboxylic acids is 2. The molecule has 0 spiro atoms. The van der Waals surface area contributed by atoms with Crippen molar-refractivity contribution < 1.29 is 33.3 Å². The molecule has 56 heavy (non-hydrogen) atoms. The van der Waals surface area contributed by atoms with Crippen molar-refractivity contribution in [3.8, 4) is 22.9 Å². The van der Waals surface area contributed by atoms with E-state index in [0.717, 1.165) is 49.2 Å². The summed E-state index contributed by atoms with van der Waals surface area (Å²) in [4.78, 5) is 43.4. The Labute approximate surface area is 321 Å². The maximum absolute atomic E-state index is 14.9. The fourth-order valence-corrected chi connectivity index (χ4v) is 8.68. The number of nitrogens with one attached hydrogen (secondary N) is 2. The topological polar surface area (TPSA) is 172 Å². The van der Waals surface area contributed by atoms with Crippen LogP contribution in [0.25, 0.3) is 11.3 Å². The number of phenols is 1. The number of piperazine rings is 1. The largest absolute Gasteiger partial charge is 0.504 e. The summed E-state index contributed by atoms with van der Waals surface area (Å²) >= 11 is 0. The highest BCUT2D eigenvalue weighted by molar-refractivity contribution is 6.02. The maximum Gasteiger partial charge on any atom is 0.255 e. The Morgan fingerprint density at radius 1 is 1.05 bits per heavy atom. The average molecular weight is 769 g/mol. The maximum atomic E-state index is 14.9. The molecule has 0 saturated carbocycles. The summed E-state index contributed by atoms with van der Waals surface area (Å²) in [6.45, 7) is 5.92. The van der Waals surface area contributed by atoms with E-state index in [4.69, 9.17) is 9.72 Å². The first-order valence-electron chi connectivity index (χ1n) is 18.9. The van der Waals surface area contributed by atoms with E-state index in [1.165, 1.54) is 6.07 Å². The molecule has 5 aliphatic heterocycles. The Bertz CT molecular complexity index is 2210. The Morgan fingerprint density at radius 3 is 2.68 bits per heavy atom. The monoisotopic (exact) mass is 768 g/mol. The van der Waals surface area contributed by atoms with Gasteiger partial charge < -0.3 is 40.3 Å². The van der Waals surface area contributed by atoms with Gasteiger partial charge in [0.1, 0.15) is 25.0 Å². The second-order valence-corrected chi connectivity index (χ2v) is 15.3. The van der Waals surface area contributed by atoms with Crippen molar-refractivity contribution in [1.82, 2.24) is 35.3 Å². The lowest BCUT2D eigenvalue weighted by molar-refractivity contribution is -0.132. The van der Waals surface area contributed by atoms with Gasteiger partial charge in [0.05, 0.1) is 41.0 Å². The molecule has 3 saturated heterocycles. The number of hydrogen-bond donors (Lipinski definition) is 4. The third-order valence-electron chi connectivity index (χ3n) is 11.7. The van der Waals surface area contributed by atoms with Gasteiger partial charge in [-0.05, 0) is 55.7 Å². The first-order chi connectivity index (χ1) is 27.1. The van der Waals surface area contributed by atoms with Crippen LogP contribution in [0.4, 0.5) is 26.0 Å². The van der Waals surface area contributed by atoms with Crippen molar-refractivity contribution in [3.05, 3.63) is 77.0 Å². The van der Waals surface area contributed by atoms with E-state index in [1.807, 2.05) is 30.0 Å². The number of para-hydroxylation sites is 1. The Balaban J connectivity index is 0.817. The molecule has 7 heterocycles. The molecular formula is C39H42F2N10O5. The minimum absolute atomic E-state index is 0.153. The molecule has 4 atom stereocenters. The molecule has 2 aromatic heterocycles. The molecule has 9 rings (SSSR count). The van der Waals surface area contributed by atoms with Crippen molar-refractivity contribution in [2.45, 2.75) is 63.2 Å². The van der Waals surface area contributed by atoms with Gasteiger partial charge in [0.25, 0.3) is 5.91 Å². The van der Waals surface area contributed by atoms with Crippen LogP contribution < -0.4 is 25.2 Å². The lowest BCUT2D eigenvalue weighted by atomic mass is 9.94. The van der Waals surface area contributed by atoms with Crippen LogP contribution >= 0.6 is 0 Å². The Morgan fingerprint density at radius 2 is 1.89 bits per heavy atom. The quantitative estimate of drug-likeness (QED) is 0.207. The number of fused-ring (bicyclic) bond motifs is 4. The molecule has 3 fully saturated rings. The molecule has 1 unspecified atom stereocenters. The Hall–Kier alpha value is -5.68. The van der Waals surface area contributed by atoms with Crippen molar-refractivity contribution in [2.75, 3.05) is 61.1 Å². The number of nitrogens with zero attached hydrogens (tertiary/aromatic N) is 8. The average Bonchev–Trinajstić information content (AvgIpc) is 3.74. The van der Waals surface area contributed by atoms with Gasteiger partial charge in [0, 0.05) is 69.0 Å². The second kappa shape index (κ2) is 14.1. The summed E-state index contributed by atoms with van der Waals surface area (Å²) in [5.74, 6) is -0.910. The number of amides is 2. The van der Waals surface area contributed by atoms with E-state index >= 15 is 0 Å². The summed E-state index contributed by atoms with van der Waals surface area (Å²) in [7, 11) is 0. The number of aryl methyl sites for hydroxylation is 1. The number of phenolic OH excluding ortho intramolecular Hbond substituents is 1. The van der Waals surface area contributed by atoms with Gasteiger partial charge in [0.2, 0.25) is 11.8 Å². The van der Waals surface area contributed by atoms with Crippen LogP contribution in [-0.4, -0.2) is 122 Å². The zero-order valence-corrected chi connectivity index (χ0v) is 30.8. The zero-order chi connectivity index (χ0) is 38.7. The van der Waals surface area contributed by atoms with Gasteiger partial charge in [-0.25, -0.2) is 18.7 Å². The van der Waals surface area contributed by atoms with Crippen LogP contribution in [0.1, 0.15) is 46.6 Å². The molecule has 2 aromatic carbocycles. The summed E-state index contributed by atoms with van der Waals surface area (Å²) in [5.41, 5.74) is 4.08. The van der Waals surface area contributed by atoms with E-state index in [0.29, 0.717) is 74.1 Å². The molecular weight excluding hydrogens is 726 g/mol. The SMILES string of the molecule is Cc1nc(CN2CCN(c3ccc4c(c3)C(=O)N([C@H]3CCC(O)NC3=O)C4)CC2)cnc1O[C@H]1CN2c3cc(-c4cccc(F)c4O)nnc3NC[C@@]2(CF)C1. The molecule has 2 amide bonds. The lowest BCUT2D eigenvalue weighted by Gasteiger charge is -2.42. The molecule has 0 aliphatic carbocycles. The van der Waals surface area contributed by atoms with Gasteiger partial charge in [-0.15, -0.1) is 10.2 Å². The summed E-state index contributed by atoms with van der Waals surface area (Å²) < 4.78 is 35.4. The third-order valence-corrected chi connectivity index (χ3v) is 11.7. The molecule has 5 aliphatic rings. The van der Waals surface area contributed by atoms with Crippen LogP contribution in [0, 0.1) is 12.7 Å². The summed E-state index contributed by atoms with van der Waals surface area (Å²) in [5, 5.41) is 34.3. The van der Waals surface area contributed by atoms with Crippen molar-refractivity contribution in [3.63, 3.8) is 0 Å². The third kappa shape index (κ3) is 6.37. The highest BCUT2D eigenvalue weighted by Gasteiger charge is 2.50. The van der Waals surface area contributed by atoms with Crippen molar-refractivity contribution in [1.29, 1.82) is 0 Å². The predicted molar refractivity (Wildman–Crippen MR) is 200 cm³/mol. The van der Waals surface area contributed by atoms with E-state index in [9.17, 15) is 28.6 Å². The van der Waals surface area contributed by atoms with Gasteiger partial charge in [-0.2, -0.15) is 0 Å². The van der Waals surface area contributed by atoms with Gasteiger partial charge in [-0.3, -0.25) is 14.5 Å². The molecule has 292 valence electrons. The number of aliphatic hydroxyl groups is 1. The van der Waals surface area contributed by atoms with Crippen LogP contribution in [-0.2, 0) is 17.9 Å². The van der Waals surface area contributed by atoms with E-state index in [-0.39, 0.29) is 23.1 Å². The van der Waals surface area contributed by atoms with Crippen molar-refractivity contribution >= 4 is 29.0 Å². The lowest BCUT2D eigenvalue weighted by Crippen LogP contribution is -2.54. The predicted octanol–water partition coefficient (Wildman–Crippen LogP) is 2.75. The minimum atomic E-state index is -0.903. The standard InChI is InChI=1S/C39H42F2N10O5/c1-22-37(56-26-15-39(20-40)21-43-35-32(51(39)19-26)14-30(46-47-35)27-3-2-4-29(41)34(27)53)42-16-24(44-22)18-48-9-11-49(12-10-48)25-6-5-23-17-50(38(55)28(23)13-25)31-7-8-33(52)45-36(31)54/h2-6,13-14,16,26,31,33,52-53H,7-12,15,17-21H2,1H3,(H,43,47)(H,45,54)/t26-,31+,33?,39+/m1/s1. The number of hydrogen-bond acceptors (Lipinski definition) is 13. The number of carbonyl (C=O) groups is 2. The van der Waals surface area contributed by atoms with Crippen molar-refractivity contribution in [2.24, 2.45) is 0 Å². The van der Waals surface area contributed by atoms with Crippen LogP contribution in [0.2, 0.25) is 0 Å². The number of halogens is 2. The van der Waals surface area contributed by atoms with E-state index < -0.39 is 42.2 Å². The first kappa shape index (κ1) is 36.0. The fraction of sp³-hybridized carbons (Fsp3) is 0.436. The molecule has 15 nitrogen and oxygen atoms in total. The van der Waals surface area contributed by atoms with Crippen LogP contribution in [0.15, 0.2) is 48.7 Å². The van der Waals surface area contributed by atoms with E-state index in [2.05, 4.69) is 35.6 Å². The molecule has 17 heteroatoms. The van der Waals surface area contributed by atoms with Gasteiger partial charge in [0.15, 0.2) is 17.4 Å². The number of aliphatic hydroxyl groups excluding tert-OH is 1. The summed E-state index contributed by atoms with van der Waals surface area (Å²) in [6, 6.07) is 11.2.